The van der Waals surface area contributed by atoms with Crippen molar-refractivity contribution in [3.8, 4) is 5.88 Å². The summed E-state index contributed by atoms with van der Waals surface area (Å²) in [6.07, 6.45) is 3.12. The van der Waals surface area contributed by atoms with E-state index in [-0.39, 0.29) is 24.0 Å². The molecular formula is C21H21N3O3. The Morgan fingerprint density at radius 2 is 2.11 bits per heavy atom. The van der Waals surface area contributed by atoms with Gasteiger partial charge < -0.3 is 19.7 Å². The highest BCUT2D eigenvalue weighted by Gasteiger charge is 2.45. The molecule has 1 fully saturated rings. The number of pyridine rings is 1. The highest BCUT2D eigenvalue weighted by molar-refractivity contribution is 5.86. The number of benzene rings is 1. The van der Waals surface area contributed by atoms with Crippen LogP contribution in [-0.4, -0.2) is 51.2 Å². The second kappa shape index (κ2) is 6.39. The predicted molar refractivity (Wildman–Crippen MR) is 101 cm³/mol. The van der Waals surface area contributed by atoms with Crippen LogP contribution in [0.4, 0.5) is 0 Å². The number of fused-ring (bicyclic) bond motifs is 6. The van der Waals surface area contributed by atoms with Crippen molar-refractivity contribution in [1.29, 1.82) is 0 Å². The van der Waals surface area contributed by atoms with Crippen molar-refractivity contribution >= 4 is 16.8 Å². The van der Waals surface area contributed by atoms with Gasteiger partial charge in [-0.05, 0) is 30.5 Å². The van der Waals surface area contributed by atoms with Crippen molar-refractivity contribution in [3.05, 3.63) is 59.9 Å². The molecule has 2 bridgehead atoms. The number of nitrogens with zero attached hydrogens (tertiary/aromatic N) is 2. The van der Waals surface area contributed by atoms with Crippen LogP contribution in [0.2, 0.25) is 0 Å². The number of carbonyl (C=O) groups excluding carboxylic acids is 1. The summed E-state index contributed by atoms with van der Waals surface area (Å²) in [6, 6.07) is 13.9. The van der Waals surface area contributed by atoms with Crippen molar-refractivity contribution < 1.29 is 14.6 Å². The fraction of sp³-hybridized carbons (Fsp3) is 0.333. The van der Waals surface area contributed by atoms with E-state index >= 15 is 0 Å². The van der Waals surface area contributed by atoms with Crippen LogP contribution in [0.15, 0.2) is 48.7 Å². The quantitative estimate of drug-likeness (QED) is 0.748. The van der Waals surface area contributed by atoms with E-state index in [1.165, 1.54) is 16.6 Å². The number of aliphatic hydroxyl groups excluding tert-OH is 1. The highest BCUT2D eigenvalue weighted by Crippen LogP contribution is 2.43. The first-order valence-corrected chi connectivity index (χ1v) is 9.32. The molecule has 3 atom stereocenters. The molecule has 0 saturated carbocycles. The number of para-hydroxylation sites is 1. The molecule has 1 aliphatic carbocycles. The van der Waals surface area contributed by atoms with Crippen molar-refractivity contribution in [3.63, 3.8) is 0 Å². The average molecular weight is 363 g/mol. The van der Waals surface area contributed by atoms with Gasteiger partial charge in [-0.1, -0.05) is 24.3 Å². The zero-order valence-corrected chi connectivity index (χ0v) is 14.8. The van der Waals surface area contributed by atoms with E-state index in [2.05, 4.69) is 22.1 Å². The number of H-pyrrole nitrogens is 1. The molecule has 6 nitrogen and oxygen atoms in total. The Kier molecular flexibility index (Phi) is 3.86. The lowest BCUT2D eigenvalue weighted by Gasteiger charge is -2.46. The maximum atomic E-state index is 12.4. The van der Waals surface area contributed by atoms with Crippen LogP contribution in [0.3, 0.4) is 0 Å². The topological polar surface area (TPSA) is 78.4 Å². The molecule has 3 heterocycles. The van der Waals surface area contributed by atoms with Gasteiger partial charge in [0.25, 0.3) is 0 Å². The lowest BCUT2D eigenvalue weighted by Crippen LogP contribution is -2.56. The summed E-state index contributed by atoms with van der Waals surface area (Å²) in [4.78, 5) is 22.0. The zero-order valence-electron chi connectivity index (χ0n) is 14.8. The van der Waals surface area contributed by atoms with Crippen molar-refractivity contribution in [2.75, 3.05) is 13.2 Å². The molecule has 0 unspecified atom stereocenters. The minimum atomic E-state index is -0.474. The van der Waals surface area contributed by atoms with Gasteiger partial charge in [0.05, 0.1) is 6.54 Å². The Labute approximate surface area is 156 Å². The Morgan fingerprint density at radius 3 is 2.93 bits per heavy atom. The van der Waals surface area contributed by atoms with Crippen LogP contribution in [0.1, 0.15) is 23.6 Å². The summed E-state index contributed by atoms with van der Waals surface area (Å²) in [5, 5.41) is 10.6. The Balaban J connectivity index is 1.58. The largest absolute Gasteiger partial charge is 0.472 e. The smallest absolute Gasteiger partial charge is 0.248 e. The summed E-state index contributed by atoms with van der Waals surface area (Å²) >= 11 is 0. The van der Waals surface area contributed by atoms with Crippen LogP contribution >= 0.6 is 0 Å². The van der Waals surface area contributed by atoms with Gasteiger partial charge in [-0.3, -0.25) is 4.79 Å². The van der Waals surface area contributed by atoms with Gasteiger partial charge in [-0.2, -0.15) is 0 Å². The lowest BCUT2D eigenvalue weighted by atomic mass is 9.76. The minimum Gasteiger partial charge on any atom is -0.472 e. The van der Waals surface area contributed by atoms with Gasteiger partial charge in [0.2, 0.25) is 11.8 Å². The number of piperidine rings is 1. The van der Waals surface area contributed by atoms with Crippen LogP contribution < -0.4 is 4.74 Å². The third kappa shape index (κ3) is 2.68. The SMILES string of the molecule is O=C(CO)N1C[C@H](Oc2ccccn2)[C@H]2C[C@@H]1Cc1c2[nH]c2ccccc12. The molecule has 2 aliphatic rings. The number of carbonyl (C=O) groups is 1. The number of ether oxygens (including phenoxy) is 1. The number of rotatable bonds is 3. The molecule has 1 aromatic carbocycles. The van der Waals surface area contributed by atoms with E-state index in [9.17, 15) is 9.90 Å². The number of nitrogens with one attached hydrogen (secondary N) is 1. The number of hydrogen-bond acceptors (Lipinski definition) is 4. The van der Waals surface area contributed by atoms with Crippen molar-refractivity contribution in [1.82, 2.24) is 14.9 Å². The third-order valence-electron chi connectivity index (χ3n) is 5.81. The Morgan fingerprint density at radius 1 is 1.26 bits per heavy atom. The van der Waals surface area contributed by atoms with Gasteiger partial charge in [-0.15, -0.1) is 0 Å². The first-order valence-electron chi connectivity index (χ1n) is 9.32. The fourth-order valence-electron chi connectivity index (χ4n) is 4.62. The standard InChI is InChI=1S/C21H21N3O3/c25-12-20(26)24-11-18(27-19-7-3-4-8-22-19)16-10-13(24)9-15-14-5-1-2-6-17(14)23-21(15)16/h1-8,13,16,18,23,25H,9-12H2/t13-,16+,18-/m0/s1. The fourth-order valence-corrected chi connectivity index (χ4v) is 4.62. The summed E-state index contributed by atoms with van der Waals surface area (Å²) in [6.45, 7) is -0.0156. The van der Waals surface area contributed by atoms with Gasteiger partial charge in [0, 0.05) is 40.8 Å². The first-order chi connectivity index (χ1) is 13.2. The highest BCUT2D eigenvalue weighted by atomic mass is 16.5. The number of aromatic amines is 1. The molecule has 3 aromatic rings. The van der Waals surface area contributed by atoms with Gasteiger partial charge in [0.15, 0.2) is 0 Å². The normalized spacial score (nSPS) is 23.9. The zero-order chi connectivity index (χ0) is 18.4. The van der Waals surface area contributed by atoms with Crippen LogP contribution in [0.5, 0.6) is 5.88 Å². The molecule has 0 spiro atoms. The Bertz CT molecular complexity index is 985. The van der Waals surface area contributed by atoms with E-state index < -0.39 is 6.61 Å². The van der Waals surface area contributed by atoms with Gasteiger partial charge >= 0.3 is 0 Å². The number of likely N-dealkylation sites (tertiary alicyclic amines) is 1. The molecule has 138 valence electrons. The van der Waals surface area contributed by atoms with E-state index in [1.54, 1.807) is 11.1 Å². The predicted octanol–water partition coefficient (Wildman–Crippen LogP) is 2.24. The number of amides is 1. The number of aliphatic hydroxyl groups is 1. The molecule has 1 saturated heterocycles. The number of aromatic nitrogens is 2. The summed E-state index contributed by atoms with van der Waals surface area (Å²) < 4.78 is 6.21. The second-order valence-corrected chi connectivity index (χ2v) is 7.29. The molecule has 27 heavy (non-hydrogen) atoms. The van der Waals surface area contributed by atoms with Gasteiger partial charge in [0.1, 0.15) is 12.7 Å². The molecule has 1 aliphatic heterocycles. The molecule has 0 radical (unpaired) electrons. The monoisotopic (exact) mass is 363 g/mol. The maximum absolute atomic E-state index is 12.4. The van der Waals surface area contributed by atoms with Crippen molar-refractivity contribution in [2.45, 2.75) is 30.9 Å². The summed E-state index contributed by atoms with van der Waals surface area (Å²) in [7, 11) is 0. The molecule has 6 heteroatoms. The van der Waals surface area contributed by atoms with E-state index in [1.807, 2.05) is 30.3 Å². The number of hydrogen-bond donors (Lipinski definition) is 2. The summed E-state index contributed by atoms with van der Waals surface area (Å²) in [5.74, 6) is 0.479. The Hall–Kier alpha value is -2.86. The van der Waals surface area contributed by atoms with Crippen LogP contribution in [0.25, 0.3) is 10.9 Å². The minimum absolute atomic E-state index is 0.0879. The third-order valence-corrected chi connectivity index (χ3v) is 5.81. The van der Waals surface area contributed by atoms with Crippen LogP contribution in [0, 0.1) is 0 Å². The average Bonchev–Trinajstić information content (AvgIpc) is 3.09. The summed E-state index contributed by atoms with van der Waals surface area (Å²) in [5.41, 5.74) is 3.59. The molecular weight excluding hydrogens is 342 g/mol. The maximum Gasteiger partial charge on any atom is 0.248 e. The second-order valence-electron chi connectivity index (χ2n) is 7.29. The van der Waals surface area contributed by atoms with Crippen molar-refractivity contribution in [2.24, 2.45) is 0 Å². The molecule has 1 amide bonds. The lowest BCUT2D eigenvalue weighted by molar-refractivity contribution is -0.141. The van der Waals surface area contributed by atoms with E-state index in [4.69, 9.17) is 4.74 Å². The van der Waals surface area contributed by atoms with E-state index in [0.29, 0.717) is 12.4 Å². The first kappa shape index (κ1) is 16.3. The molecule has 5 rings (SSSR count). The molecule has 2 N–H and O–H groups in total. The van der Waals surface area contributed by atoms with E-state index in [0.717, 1.165) is 18.4 Å². The van der Waals surface area contributed by atoms with Crippen LogP contribution in [-0.2, 0) is 11.2 Å². The van der Waals surface area contributed by atoms with Gasteiger partial charge in [-0.25, -0.2) is 4.98 Å². The molecule has 2 aromatic heterocycles.